The fourth-order valence-corrected chi connectivity index (χ4v) is 1.78. The molecule has 0 radical (unpaired) electrons. The molecule has 0 heterocycles. The fraction of sp³-hybridized carbons (Fsp3) is 0.385. The maximum absolute atomic E-state index is 12.3. The van der Waals surface area contributed by atoms with E-state index in [1.54, 1.807) is 13.8 Å². The molecule has 0 fully saturated rings. The minimum atomic E-state index is -0.772. The van der Waals surface area contributed by atoms with Crippen LogP contribution in [-0.2, 0) is 4.79 Å². The molecular formula is C13H17N3O5. The monoisotopic (exact) mass is 295 g/mol. The average molecular weight is 295 g/mol. The van der Waals surface area contributed by atoms with Gasteiger partial charge in [0, 0.05) is 19.2 Å². The number of nitrogens with one attached hydrogen (secondary N) is 1. The summed E-state index contributed by atoms with van der Waals surface area (Å²) in [6.45, 7) is 3.92. The van der Waals surface area contributed by atoms with Gasteiger partial charge >= 0.3 is 5.69 Å². The Hall–Kier alpha value is -2.64. The van der Waals surface area contributed by atoms with E-state index in [-0.39, 0.29) is 24.6 Å². The van der Waals surface area contributed by atoms with Gasteiger partial charge in [-0.25, -0.2) is 0 Å². The lowest BCUT2D eigenvalue weighted by molar-refractivity contribution is -0.385. The van der Waals surface area contributed by atoms with E-state index < -0.39 is 22.3 Å². The van der Waals surface area contributed by atoms with Crippen LogP contribution in [0.3, 0.4) is 0 Å². The molecule has 0 saturated heterocycles. The molecule has 0 bridgehead atoms. The summed E-state index contributed by atoms with van der Waals surface area (Å²) in [5.41, 5.74) is -0.745. The third kappa shape index (κ3) is 3.91. The zero-order chi connectivity index (χ0) is 16.0. The molecule has 2 N–H and O–H groups in total. The van der Waals surface area contributed by atoms with E-state index in [0.717, 1.165) is 6.07 Å². The second-order valence-corrected chi connectivity index (χ2v) is 4.20. The Labute approximate surface area is 121 Å². The molecule has 114 valence electrons. The first-order valence-corrected chi connectivity index (χ1v) is 6.44. The number of amides is 2. The lowest BCUT2D eigenvalue weighted by Crippen LogP contribution is -2.40. The molecule has 0 unspecified atom stereocenters. The normalized spacial score (nSPS) is 10.0. The second kappa shape index (κ2) is 7.22. The van der Waals surface area contributed by atoms with Gasteiger partial charge < -0.3 is 15.3 Å². The SMILES string of the molecule is CCNC(=O)CN(CC)C(=O)c1cccc([N+](=O)[O-])c1O. The lowest BCUT2D eigenvalue weighted by atomic mass is 10.1. The number of carbonyl (C=O) groups excluding carboxylic acids is 2. The number of para-hydroxylation sites is 1. The number of phenols is 1. The van der Waals surface area contributed by atoms with E-state index in [4.69, 9.17) is 0 Å². The van der Waals surface area contributed by atoms with Crippen LogP contribution in [0.4, 0.5) is 5.69 Å². The molecule has 1 rings (SSSR count). The average Bonchev–Trinajstić information content (AvgIpc) is 2.44. The Kier molecular flexibility index (Phi) is 5.65. The Bertz CT molecular complexity index is 559. The number of likely N-dealkylation sites (N-methyl/N-ethyl adjacent to an activating group) is 2. The van der Waals surface area contributed by atoms with Gasteiger partial charge in [-0.3, -0.25) is 19.7 Å². The van der Waals surface area contributed by atoms with Crippen LogP contribution in [0.25, 0.3) is 0 Å². The quantitative estimate of drug-likeness (QED) is 0.598. The highest BCUT2D eigenvalue weighted by Gasteiger charge is 2.25. The number of rotatable bonds is 6. The molecule has 0 spiro atoms. The molecule has 2 amide bonds. The molecule has 0 saturated carbocycles. The molecule has 0 aliphatic rings. The Morgan fingerprint density at radius 1 is 1.38 bits per heavy atom. The van der Waals surface area contributed by atoms with Crippen molar-refractivity contribution in [3.8, 4) is 5.75 Å². The number of nitro groups is 1. The van der Waals surface area contributed by atoms with Crippen molar-refractivity contribution in [3.05, 3.63) is 33.9 Å². The maximum atomic E-state index is 12.3. The predicted molar refractivity (Wildman–Crippen MR) is 75.0 cm³/mol. The number of hydrogen-bond acceptors (Lipinski definition) is 5. The van der Waals surface area contributed by atoms with Crippen LogP contribution in [0.15, 0.2) is 18.2 Å². The number of nitro benzene ring substituents is 1. The summed E-state index contributed by atoms with van der Waals surface area (Å²) < 4.78 is 0. The highest BCUT2D eigenvalue weighted by molar-refractivity contribution is 5.99. The van der Waals surface area contributed by atoms with E-state index in [0.29, 0.717) is 6.54 Å². The maximum Gasteiger partial charge on any atom is 0.311 e. The van der Waals surface area contributed by atoms with E-state index in [1.165, 1.54) is 17.0 Å². The van der Waals surface area contributed by atoms with Crippen LogP contribution >= 0.6 is 0 Å². The van der Waals surface area contributed by atoms with Crippen LogP contribution in [0.2, 0.25) is 0 Å². The zero-order valence-electron chi connectivity index (χ0n) is 11.8. The molecule has 0 atom stereocenters. The molecular weight excluding hydrogens is 278 g/mol. The van der Waals surface area contributed by atoms with Crippen LogP contribution < -0.4 is 5.32 Å². The van der Waals surface area contributed by atoms with Gasteiger partial charge in [0.25, 0.3) is 5.91 Å². The molecule has 21 heavy (non-hydrogen) atoms. The zero-order valence-corrected chi connectivity index (χ0v) is 11.8. The summed E-state index contributed by atoms with van der Waals surface area (Å²) in [5.74, 6) is -1.66. The minimum Gasteiger partial charge on any atom is -0.502 e. The summed E-state index contributed by atoms with van der Waals surface area (Å²) in [6.07, 6.45) is 0. The Morgan fingerprint density at radius 2 is 2.05 bits per heavy atom. The first kappa shape index (κ1) is 16.4. The molecule has 8 nitrogen and oxygen atoms in total. The standard InChI is InChI=1S/C13H17N3O5/c1-3-14-11(17)8-15(4-2)13(19)9-6-5-7-10(12(9)18)16(20)21/h5-7,18H,3-4,8H2,1-2H3,(H,14,17). The summed E-state index contributed by atoms with van der Waals surface area (Å²) in [4.78, 5) is 35.0. The van der Waals surface area contributed by atoms with Crippen molar-refractivity contribution in [3.63, 3.8) is 0 Å². The Balaban J connectivity index is 3.03. The highest BCUT2D eigenvalue weighted by Crippen LogP contribution is 2.30. The molecule has 8 heteroatoms. The summed E-state index contributed by atoms with van der Waals surface area (Å²) in [7, 11) is 0. The van der Waals surface area contributed by atoms with Gasteiger partial charge in [0.05, 0.1) is 17.0 Å². The Morgan fingerprint density at radius 3 is 2.57 bits per heavy atom. The van der Waals surface area contributed by atoms with Crippen molar-refractivity contribution in [1.29, 1.82) is 0 Å². The number of benzene rings is 1. The van der Waals surface area contributed by atoms with Crippen molar-refractivity contribution >= 4 is 17.5 Å². The molecule has 0 aliphatic carbocycles. The topological polar surface area (TPSA) is 113 Å². The van der Waals surface area contributed by atoms with Crippen molar-refractivity contribution in [2.24, 2.45) is 0 Å². The van der Waals surface area contributed by atoms with Gasteiger partial charge in [-0.05, 0) is 19.9 Å². The third-order valence-electron chi connectivity index (χ3n) is 2.82. The van der Waals surface area contributed by atoms with E-state index in [9.17, 15) is 24.8 Å². The lowest BCUT2D eigenvalue weighted by Gasteiger charge is -2.20. The number of aromatic hydroxyl groups is 1. The van der Waals surface area contributed by atoms with Crippen LogP contribution in [0, 0.1) is 10.1 Å². The third-order valence-corrected chi connectivity index (χ3v) is 2.82. The van der Waals surface area contributed by atoms with Crippen molar-refractivity contribution in [1.82, 2.24) is 10.2 Å². The highest BCUT2D eigenvalue weighted by atomic mass is 16.6. The van der Waals surface area contributed by atoms with Gasteiger partial charge in [0.15, 0.2) is 0 Å². The van der Waals surface area contributed by atoms with Crippen molar-refractivity contribution < 1.29 is 19.6 Å². The number of nitrogens with zero attached hydrogens (tertiary/aromatic N) is 2. The molecule has 1 aromatic rings. The van der Waals surface area contributed by atoms with Crippen molar-refractivity contribution in [2.45, 2.75) is 13.8 Å². The van der Waals surface area contributed by atoms with E-state index >= 15 is 0 Å². The van der Waals surface area contributed by atoms with Gasteiger partial charge in [-0.2, -0.15) is 0 Å². The molecule has 0 aromatic heterocycles. The summed E-state index contributed by atoms with van der Waals surface area (Å²) in [5, 5.41) is 23.1. The first-order chi connectivity index (χ1) is 9.92. The van der Waals surface area contributed by atoms with Crippen molar-refractivity contribution in [2.75, 3.05) is 19.6 Å². The van der Waals surface area contributed by atoms with Gasteiger partial charge in [-0.15, -0.1) is 0 Å². The molecule has 0 aliphatic heterocycles. The number of hydrogen-bond donors (Lipinski definition) is 2. The molecule has 1 aromatic carbocycles. The number of phenolic OH excluding ortho intramolecular Hbond substituents is 1. The minimum absolute atomic E-state index is 0.175. The smallest absolute Gasteiger partial charge is 0.311 e. The fourth-order valence-electron chi connectivity index (χ4n) is 1.78. The first-order valence-electron chi connectivity index (χ1n) is 6.44. The van der Waals surface area contributed by atoms with Crippen LogP contribution in [0.1, 0.15) is 24.2 Å². The van der Waals surface area contributed by atoms with Gasteiger partial charge in [0.2, 0.25) is 11.7 Å². The van der Waals surface area contributed by atoms with Gasteiger partial charge in [-0.1, -0.05) is 6.07 Å². The van der Waals surface area contributed by atoms with Crippen LogP contribution in [-0.4, -0.2) is 46.4 Å². The van der Waals surface area contributed by atoms with E-state index in [1.807, 2.05) is 0 Å². The van der Waals surface area contributed by atoms with Crippen LogP contribution in [0.5, 0.6) is 5.75 Å². The predicted octanol–water partition coefficient (Wildman–Crippen LogP) is 0.899. The summed E-state index contributed by atoms with van der Waals surface area (Å²) >= 11 is 0. The second-order valence-electron chi connectivity index (χ2n) is 4.20. The largest absolute Gasteiger partial charge is 0.502 e. The summed E-state index contributed by atoms with van der Waals surface area (Å²) in [6, 6.07) is 3.70. The number of carbonyl (C=O) groups is 2. The van der Waals surface area contributed by atoms with Gasteiger partial charge in [0.1, 0.15) is 0 Å². The van der Waals surface area contributed by atoms with E-state index in [2.05, 4.69) is 5.32 Å².